The highest BCUT2D eigenvalue weighted by Gasteiger charge is 2.37. The average Bonchev–Trinajstić information content (AvgIpc) is 2.36. The number of hydrogen-bond acceptors (Lipinski definition) is 6. The highest BCUT2D eigenvalue weighted by molar-refractivity contribution is 4.85. The van der Waals surface area contributed by atoms with Crippen molar-refractivity contribution >= 4 is 0 Å². The highest BCUT2D eigenvalue weighted by atomic mass is 16.5. The van der Waals surface area contributed by atoms with Gasteiger partial charge in [-0.3, -0.25) is 0 Å². The molecule has 2 aliphatic heterocycles. The SMILES string of the molecule is COCC1(CN)COC1.NCC1CNCCO1. The third kappa shape index (κ3) is 4.87. The molecule has 17 heavy (non-hydrogen) atoms. The van der Waals surface area contributed by atoms with Gasteiger partial charge in [-0.25, -0.2) is 0 Å². The van der Waals surface area contributed by atoms with E-state index < -0.39 is 0 Å². The fourth-order valence-corrected chi connectivity index (χ4v) is 1.73. The normalized spacial score (nSPS) is 26.6. The molecule has 1 unspecified atom stereocenters. The summed E-state index contributed by atoms with van der Waals surface area (Å²) in [5, 5.41) is 3.18. The van der Waals surface area contributed by atoms with E-state index >= 15 is 0 Å². The summed E-state index contributed by atoms with van der Waals surface area (Å²) >= 11 is 0. The fourth-order valence-electron chi connectivity index (χ4n) is 1.73. The third-order valence-corrected chi connectivity index (χ3v) is 2.97. The zero-order chi connectivity index (χ0) is 12.6. The molecular formula is C11H25N3O3. The number of methoxy groups -OCH3 is 1. The van der Waals surface area contributed by atoms with Crippen molar-refractivity contribution in [3.05, 3.63) is 0 Å². The predicted molar refractivity (Wildman–Crippen MR) is 65.8 cm³/mol. The summed E-state index contributed by atoms with van der Waals surface area (Å²) in [6, 6.07) is 0. The number of nitrogens with two attached hydrogens (primary N) is 2. The van der Waals surface area contributed by atoms with Crippen molar-refractivity contribution in [1.82, 2.24) is 5.32 Å². The number of ether oxygens (including phenoxy) is 3. The summed E-state index contributed by atoms with van der Waals surface area (Å²) in [6.45, 7) is 6.24. The monoisotopic (exact) mass is 247 g/mol. The van der Waals surface area contributed by atoms with Crippen molar-refractivity contribution < 1.29 is 14.2 Å². The topological polar surface area (TPSA) is 91.8 Å². The molecule has 0 aromatic carbocycles. The van der Waals surface area contributed by atoms with Gasteiger partial charge in [0.1, 0.15) is 0 Å². The Morgan fingerprint density at radius 2 is 2.18 bits per heavy atom. The average molecular weight is 247 g/mol. The molecule has 2 heterocycles. The van der Waals surface area contributed by atoms with Crippen molar-refractivity contribution in [2.45, 2.75) is 6.10 Å². The first-order valence-electron chi connectivity index (χ1n) is 6.05. The zero-order valence-corrected chi connectivity index (χ0v) is 10.6. The standard InChI is InChI=1S/C6H13NO2.C5H12N2O/c1-8-3-6(2-7)4-9-5-6;6-3-5-4-7-1-2-8-5/h2-5,7H2,1H3;5,7H,1-4,6H2. The van der Waals surface area contributed by atoms with E-state index in [1.165, 1.54) is 0 Å². The first-order valence-corrected chi connectivity index (χ1v) is 6.05. The summed E-state index contributed by atoms with van der Waals surface area (Å²) in [4.78, 5) is 0. The molecule has 2 aliphatic rings. The van der Waals surface area contributed by atoms with Crippen LogP contribution in [0.5, 0.6) is 0 Å². The first-order chi connectivity index (χ1) is 8.26. The van der Waals surface area contributed by atoms with Crippen LogP contribution in [-0.4, -0.2) is 65.8 Å². The third-order valence-electron chi connectivity index (χ3n) is 2.97. The Morgan fingerprint density at radius 1 is 1.41 bits per heavy atom. The lowest BCUT2D eigenvalue weighted by atomic mass is 9.87. The Morgan fingerprint density at radius 3 is 2.41 bits per heavy atom. The Kier molecular flexibility index (Phi) is 6.94. The van der Waals surface area contributed by atoms with Gasteiger partial charge in [0.15, 0.2) is 0 Å². The molecule has 0 radical (unpaired) electrons. The second-order valence-electron chi connectivity index (χ2n) is 4.56. The minimum absolute atomic E-state index is 0.148. The molecule has 1 atom stereocenters. The van der Waals surface area contributed by atoms with E-state index in [4.69, 9.17) is 25.7 Å². The summed E-state index contributed by atoms with van der Waals surface area (Å²) in [5.74, 6) is 0. The molecule has 0 saturated carbocycles. The van der Waals surface area contributed by atoms with Crippen LogP contribution in [0.2, 0.25) is 0 Å². The molecule has 0 aromatic rings. The van der Waals surface area contributed by atoms with Crippen molar-refractivity contribution in [2.24, 2.45) is 16.9 Å². The number of hydrogen-bond donors (Lipinski definition) is 3. The van der Waals surface area contributed by atoms with Crippen LogP contribution in [0.15, 0.2) is 0 Å². The van der Waals surface area contributed by atoms with E-state index in [0.29, 0.717) is 13.1 Å². The minimum atomic E-state index is 0.148. The molecule has 6 nitrogen and oxygen atoms in total. The predicted octanol–water partition coefficient (Wildman–Crippen LogP) is -1.46. The smallest absolute Gasteiger partial charge is 0.0822 e. The van der Waals surface area contributed by atoms with Crippen LogP contribution in [0.3, 0.4) is 0 Å². The molecule has 102 valence electrons. The largest absolute Gasteiger partial charge is 0.384 e. The van der Waals surface area contributed by atoms with Gasteiger partial charge in [-0.05, 0) is 0 Å². The summed E-state index contributed by atoms with van der Waals surface area (Å²) in [6.07, 6.45) is 0.253. The maximum absolute atomic E-state index is 5.49. The first kappa shape index (κ1) is 14.8. The summed E-state index contributed by atoms with van der Waals surface area (Å²) < 4.78 is 15.2. The number of rotatable bonds is 4. The van der Waals surface area contributed by atoms with Crippen molar-refractivity contribution in [3.8, 4) is 0 Å². The molecule has 0 spiro atoms. The fraction of sp³-hybridized carbons (Fsp3) is 1.00. The van der Waals surface area contributed by atoms with Crippen LogP contribution in [0.25, 0.3) is 0 Å². The van der Waals surface area contributed by atoms with E-state index in [1.807, 2.05) is 0 Å². The van der Waals surface area contributed by atoms with Gasteiger partial charge in [-0.15, -0.1) is 0 Å². The van der Waals surface area contributed by atoms with E-state index in [2.05, 4.69) is 5.32 Å². The minimum Gasteiger partial charge on any atom is -0.384 e. The Hall–Kier alpha value is -0.240. The molecule has 0 amide bonds. The Bertz CT molecular complexity index is 189. The van der Waals surface area contributed by atoms with Crippen LogP contribution in [-0.2, 0) is 14.2 Å². The molecule has 2 rings (SSSR count). The van der Waals surface area contributed by atoms with Crippen LogP contribution in [0.1, 0.15) is 0 Å². The van der Waals surface area contributed by atoms with Crippen molar-refractivity contribution in [3.63, 3.8) is 0 Å². The molecule has 2 saturated heterocycles. The molecule has 6 heteroatoms. The second kappa shape index (κ2) is 7.97. The van der Waals surface area contributed by atoms with Gasteiger partial charge in [-0.1, -0.05) is 0 Å². The van der Waals surface area contributed by atoms with Gasteiger partial charge in [0, 0.05) is 33.3 Å². The van der Waals surface area contributed by atoms with Crippen molar-refractivity contribution in [2.75, 3.05) is 59.7 Å². The van der Waals surface area contributed by atoms with Gasteiger partial charge >= 0.3 is 0 Å². The maximum atomic E-state index is 5.49. The Labute approximate surface area is 103 Å². The molecule has 0 aromatic heterocycles. The number of morpholine rings is 1. The van der Waals surface area contributed by atoms with Gasteiger partial charge < -0.3 is 31.0 Å². The molecular weight excluding hydrogens is 222 g/mol. The second-order valence-corrected chi connectivity index (χ2v) is 4.56. The van der Waals surface area contributed by atoms with E-state index in [0.717, 1.165) is 39.5 Å². The molecule has 0 bridgehead atoms. The molecule has 0 aliphatic carbocycles. The zero-order valence-electron chi connectivity index (χ0n) is 10.6. The van der Waals surface area contributed by atoms with Gasteiger partial charge in [0.25, 0.3) is 0 Å². The molecule has 2 fully saturated rings. The van der Waals surface area contributed by atoms with Crippen LogP contribution >= 0.6 is 0 Å². The van der Waals surface area contributed by atoms with Crippen molar-refractivity contribution in [1.29, 1.82) is 0 Å². The van der Waals surface area contributed by atoms with Gasteiger partial charge in [-0.2, -0.15) is 0 Å². The van der Waals surface area contributed by atoms with Crippen LogP contribution in [0.4, 0.5) is 0 Å². The summed E-state index contributed by atoms with van der Waals surface area (Å²) in [7, 11) is 1.69. The van der Waals surface area contributed by atoms with Gasteiger partial charge in [0.05, 0.1) is 37.9 Å². The molecule has 5 N–H and O–H groups in total. The van der Waals surface area contributed by atoms with E-state index in [1.54, 1.807) is 7.11 Å². The van der Waals surface area contributed by atoms with Crippen LogP contribution < -0.4 is 16.8 Å². The lowest BCUT2D eigenvalue weighted by Gasteiger charge is -2.39. The lowest BCUT2D eigenvalue weighted by Crippen LogP contribution is -2.51. The van der Waals surface area contributed by atoms with Gasteiger partial charge in [0.2, 0.25) is 0 Å². The Balaban J connectivity index is 0.000000171. The quantitative estimate of drug-likeness (QED) is 0.562. The van der Waals surface area contributed by atoms with E-state index in [-0.39, 0.29) is 11.5 Å². The van der Waals surface area contributed by atoms with E-state index in [9.17, 15) is 0 Å². The number of nitrogens with one attached hydrogen (secondary N) is 1. The lowest BCUT2D eigenvalue weighted by molar-refractivity contribution is -0.136. The highest BCUT2D eigenvalue weighted by Crippen LogP contribution is 2.25. The summed E-state index contributed by atoms with van der Waals surface area (Å²) in [5.41, 5.74) is 11.0. The van der Waals surface area contributed by atoms with Crippen LogP contribution in [0, 0.1) is 5.41 Å². The maximum Gasteiger partial charge on any atom is 0.0822 e.